The van der Waals surface area contributed by atoms with Gasteiger partial charge in [0.05, 0.1) is 15.0 Å². The molecule has 0 bridgehead atoms. The molecular weight excluding hydrogens is 378 g/mol. The molecule has 2 aromatic carbocycles. The second kappa shape index (κ2) is 8.13. The van der Waals surface area contributed by atoms with Crippen molar-refractivity contribution in [3.63, 3.8) is 0 Å². The van der Waals surface area contributed by atoms with E-state index in [4.69, 9.17) is 15.9 Å². The first kappa shape index (κ1) is 17.5. The molecule has 0 spiro atoms. The van der Waals surface area contributed by atoms with E-state index in [1.807, 2.05) is 0 Å². The van der Waals surface area contributed by atoms with Crippen LogP contribution in [0.25, 0.3) is 0 Å². The number of carbonyl (C=O) groups excluding carboxylic acids is 1. The third kappa shape index (κ3) is 4.57. The number of non-ortho nitro benzene ring substituents is 1. The molecule has 2 rings (SSSR count). The largest absolute Gasteiger partial charge is 0.488 e. The first-order valence-corrected chi connectivity index (χ1v) is 7.57. The van der Waals surface area contributed by atoms with Crippen LogP contribution in [0.15, 0.2) is 46.9 Å². The first-order chi connectivity index (χ1) is 11.5. The molecule has 0 radical (unpaired) electrons. The zero-order valence-corrected chi connectivity index (χ0v) is 14.0. The van der Waals surface area contributed by atoms with Crippen LogP contribution in [0, 0.1) is 22.5 Å². The molecule has 0 saturated carbocycles. The molecule has 6 nitrogen and oxygen atoms in total. The van der Waals surface area contributed by atoms with Crippen LogP contribution < -0.4 is 4.74 Å². The number of esters is 1. The van der Waals surface area contributed by atoms with Gasteiger partial charge in [-0.15, -0.1) is 6.42 Å². The van der Waals surface area contributed by atoms with E-state index in [1.54, 1.807) is 30.3 Å². The molecule has 122 valence electrons. The molecule has 0 amide bonds. The van der Waals surface area contributed by atoms with Gasteiger partial charge in [0.1, 0.15) is 12.4 Å². The van der Waals surface area contributed by atoms with Crippen LogP contribution in [0.5, 0.6) is 5.75 Å². The molecule has 0 saturated heterocycles. The quantitative estimate of drug-likeness (QED) is 0.325. The minimum absolute atomic E-state index is 0.0229. The van der Waals surface area contributed by atoms with Gasteiger partial charge in [-0.1, -0.05) is 5.92 Å². The van der Waals surface area contributed by atoms with E-state index in [0.29, 0.717) is 15.8 Å². The SMILES string of the molecule is C#CCOC(=O)c1ccc(OCc2ccc([N+](=O)[O-])cc2)c(Br)c1. The number of carbonyl (C=O) groups is 1. The number of hydrogen-bond donors (Lipinski definition) is 0. The molecule has 0 N–H and O–H groups in total. The van der Waals surface area contributed by atoms with Crippen molar-refractivity contribution >= 4 is 27.6 Å². The van der Waals surface area contributed by atoms with E-state index >= 15 is 0 Å². The number of terminal acetylenes is 1. The van der Waals surface area contributed by atoms with Crippen molar-refractivity contribution in [1.82, 2.24) is 0 Å². The van der Waals surface area contributed by atoms with E-state index in [1.165, 1.54) is 12.1 Å². The van der Waals surface area contributed by atoms with Crippen molar-refractivity contribution in [2.75, 3.05) is 6.61 Å². The van der Waals surface area contributed by atoms with Crippen molar-refractivity contribution < 1.29 is 19.2 Å². The monoisotopic (exact) mass is 389 g/mol. The Balaban J connectivity index is 2.01. The lowest BCUT2D eigenvalue weighted by Crippen LogP contribution is -2.05. The van der Waals surface area contributed by atoms with Crippen LogP contribution in [-0.4, -0.2) is 17.5 Å². The van der Waals surface area contributed by atoms with Gasteiger partial charge in [0.25, 0.3) is 5.69 Å². The molecule has 7 heteroatoms. The maximum Gasteiger partial charge on any atom is 0.339 e. The van der Waals surface area contributed by atoms with E-state index in [0.717, 1.165) is 5.56 Å². The molecule has 0 aliphatic rings. The zero-order valence-electron chi connectivity index (χ0n) is 12.4. The van der Waals surface area contributed by atoms with Gasteiger partial charge >= 0.3 is 5.97 Å². The lowest BCUT2D eigenvalue weighted by Gasteiger charge is -2.09. The number of halogens is 1. The average molecular weight is 390 g/mol. The number of nitro groups is 1. The first-order valence-electron chi connectivity index (χ1n) is 6.77. The highest BCUT2D eigenvalue weighted by Crippen LogP contribution is 2.27. The number of nitro benzene ring substituents is 1. The Morgan fingerprint density at radius 1 is 1.25 bits per heavy atom. The van der Waals surface area contributed by atoms with Crippen molar-refractivity contribution in [3.05, 3.63) is 68.2 Å². The molecule has 0 aromatic heterocycles. The van der Waals surface area contributed by atoms with Gasteiger partial charge in [-0.05, 0) is 51.8 Å². The summed E-state index contributed by atoms with van der Waals surface area (Å²) in [6, 6.07) is 10.8. The zero-order chi connectivity index (χ0) is 17.5. The van der Waals surface area contributed by atoms with Gasteiger partial charge in [-0.2, -0.15) is 0 Å². The molecule has 24 heavy (non-hydrogen) atoms. The van der Waals surface area contributed by atoms with Crippen LogP contribution >= 0.6 is 15.9 Å². The van der Waals surface area contributed by atoms with Crippen LogP contribution in [0.1, 0.15) is 15.9 Å². The molecular formula is C17H12BrNO5. The topological polar surface area (TPSA) is 78.7 Å². The predicted molar refractivity (Wildman–Crippen MR) is 90.7 cm³/mol. The summed E-state index contributed by atoms with van der Waals surface area (Å²) in [4.78, 5) is 21.8. The minimum atomic E-state index is -0.518. The number of rotatable bonds is 6. The average Bonchev–Trinajstić information content (AvgIpc) is 2.58. The Morgan fingerprint density at radius 3 is 2.54 bits per heavy atom. The lowest BCUT2D eigenvalue weighted by molar-refractivity contribution is -0.384. The van der Waals surface area contributed by atoms with Crippen LogP contribution in [0.3, 0.4) is 0 Å². The summed E-state index contributed by atoms with van der Waals surface area (Å²) in [7, 11) is 0. The van der Waals surface area contributed by atoms with Crippen molar-refractivity contribution in [2.24, 2.45) is 0 Å². The Bertz CT molecular complexity index is 796. The fourth-order valence-electron chi connectivity index (χ4n) is 1.81. The molecule has 0 aliphatic heterocycles. The van der Waals surface area contributed by atoms with E-state index in [9.17, 15) is 14.9 Å². The molecule has 0 atom stereocenters. The van der Waals surface area contributed by atoms with Gasteiger partial charge in [0.15, 0.2) is 6.61 Å². The summed E-state index contributed by atoms with van der Waals surface area (Å²) in [6.45, 7) is 0.145. The third-order valence-corrected chi connectivity index (χ3v) is 3.62. The van der Waals surface area contributed by atoms with Gasteiger partial charge in [0, 0.05) is 12.1 Å². The summed E-state index contributed by atoms with van der Waals surface area (Å²) in [5.74, 6) is 2.23. The second-order valence-corrected chi connectivity index (χ2v) is 5.49. The fraction of sp³-hybridized carbons (Fsp3) is 0.118. The fourth-order valence-corrected chi connectivity index (χ4v) is 2.30. The molecule has 0 unspecified atom stereocenters. The van der Waals surface area contributed by atoms with Crippen molar-refractivity contribution in [1.29, 1.82) is 0 Å². The summed E-state index contributed by atoms with van der Waals surface area (Å²) in [5, 5.41) is 10.6. The van der Waals surface area contributed by atoms with Gasteiger partial charge < -0.3 is 9.47 Å². The summed E-state index contributed by atoms with van der Waals surface area (Å²) in [6.07, 6.45) is 5.04. The molecule has 2 aromatic rings. The predicted octanol–water partition coefficient (Wildman–Crippen LogP) is 3.73. The summed E-state index contributed by atoms with van der Waals surface area (Å²) in [5.41, 5.74) is 1.15. The highest BCUT2D eigenvalue weighted by molar-refractivity contribution is 9.10. The van der Waals surface area contributed by atoms with Gasteiger partial charge in [-0.3, -0.25) is 10.1 Å². The Labute approximate surface area is 146 Å². The smallest absolute Gasteiger partial charge is 0.339 e. The molecule has 0 fully saturated rings. The second-order valence-electron chi connectivity index (χ2n) is 4.64. The van der Waals surface area contributed by atoms with Gasteiger partial charge in [-0.25, -0.2) is 4.79 Å². The Morgan fingerprint density at radius 2 is 1.96 bits per heavy atom. The normalized spacial score (nSPS) is 9.83. The Kier molecular flexibility index (Phi) is 5.93. The maximum atomic E-state index is 11.7. The van der Waals surface area contributed by atoms with Crippen molar-refractivity contribution in [3.8, 4) is 18.1 Å². The lowest BCUT2D eigenvalue weighted by atomic mass is 10.2. The van der Waals surface area contributed by atoms with Crippen molar-refractivity contribution in [2.45, 2.75) is 6.61 Å². The molecule has 0 heterocycles. The Hall–Kier alpha value is -2.85. The van der Waals surface area contributed by atoms with Crippen LogP contribution in [0.2, 0.25) is 0 Å². The van der Waals surface area contributed by atoms with Crippen LogP contribution in [-0.2, 0) is 11.3 Å². The van der Waals surface area contributed by atoms with Crippen LogP contribution in [0.4, 0.5) is 5.69 Å². The van der Waals surface area contributed by atoms with E-state index in [2.05, 4.69) is 21.9 Å². The summed E-state index contributed by atoms with van der Waals surface area (Å²) >= 11 is 3.33. The number of nitrogens with zero attached hydrogens (tertiary/aromatic N) is 1. The van der Waals surface area contributed by atoms with E-state index < -0.39 is 10.9 Å². The summed E-state index contributed by atoms with van der Waals surface area (Å²) < 4.78 is 11.1. The minimum Gasteiger partial charge on any atom is -0.488 e. The molecule has 0 aliphatic carbocycles. The highest BCUT2D eigenvalue weighted by atomic mass is 79.9. The highest BCUT2D eigenvalue weighted by Gasteiger charge is 2.11. The maximum absolute atomic E-state index is 11.7. The van der Waals surface area contributed by atoms with E-state index in [-0.39, 0.29) is 18.9 Å². The number of benzene rings is 2. The standard InChI is InChI=1S/C17H12BrNO5/c1-2-9-23-17(20)13-5-8-16(15(18)10-13)24-11-12-3-6-14(7-4-12)19(21)22/h1,3-8,10H,9,11H2. The van der Waals surface area contributed by atoms with Gasteiger partial charge in [0.2, 0.25) is 0 Å². The third-order valence-electron chi connectivity index (χ3n) is 3.00. The number of hydrogen-bond acceptors (Lipinski definition) is 5. The number of ether oxygens (including phenoxy) is 2.